The Kier molecular flexibility index (Phi) is 3.52. The van der Waals surface area contributed by atoms with Crippen LogP contribution in [0.3, 0.4) is 0 Å². The van der Waals surface area contributed by atoms with E-state index in [2.05, 4.69) is 18.8 Å². The van der Waals surface area contributed by atoms with Crippen molar-refractivity contribution < 1.29 is 0 Å². The SMILES string of the molecule is CC(C)CCn1cc(Cl)c(=O)[nH]c1=O. The number of aryl methyl sites for hydroxylation is 1. The van der Waals surface area contributed by atoms with E-state index in [1.807, 2.05) is 0 Å². The molecule has 1 heterocycles. The summed E-state index contributed by atoms with van der Waals surface area (Å²) in [6.45, 7) is 4.71. The maximum atomic E-state index is 11.3. The van der Waals surface area contributed by atoms with Crippen LogP contribution in [-0.4, -0.2) is 9.55 Å². The van der Waals surface area contributed by atoms with Gasteiger partial charge in [-0.05, 0) is 12.3 Å². The topological polar surface area (TPSA) is 54.9 Å². The zero-order valence-electron chi connectivity index (χ0n) is 8.21. The second-order valence-corrected chi connectivity index (χ2v) is 4.02. The fourth-order valence-corrected chi connectivity index (χ4v) is 1.21. The van der Waals surface area contributed by atoms with Crippen LogP contribution in [-0.2, 0) is 6.54 Å². The van der Waals surface area contributed by atoms with E-state index in [9.17, 15) is 9.59 Å². The lowest BCUT2D eigenvalue weighted by Crippen LogP contribution is -2.29. The summed E-state index contributed by atoms with van der Waals surface area (Å²) in [6, 6.07) is 0. The summed E-state index contributed by atoms with van der Waals surface area (Å²) in [6.07, 6.45) is 2.26. The van der Waals surface area contributed by atoms with Crippen LogP contribution in [0, 0.1) is 5.92 Å². The van der Waals surface area contributed by atoms with Gasteiger partial charge < -0.3 is 0 Å². The number of aromatic nitrogens is 2. The van der Waals surface area contributed by atoms with Crippen molar-refractivity contribution in [1.82, 2.24) is 9.55 Å². The van der Waals surface area contributed by atoms with Gasteiger partial charge in [0.25, 0.3) is 5.56 Å². The predicted octanol–water partition coefficient (Wildman–Crippen LogP) is 1.24. The quantitative estimate of drug-likeness (QED) is 0.827. The van der Waals surface area contributed by atoms with Crippen LogP contribution in [0.1, 0.15) is 20.3 Å². The highest BCUT2D eigenvalue weighted by atomic mass is 35.5. The molecule has 0 unspecified atom stereocenters. The average molecular weight is 217 g/mol. The van der Waals surface area contributed by atoms with E-state index in [1.165, 1.54) is 10.8 Å². The highest BCUT2D eigenvalue weighted by Gasteiger charge is 2.02. The van der Waals surface area contributed by atoms with Gasteiger partial charge in [-0.3, -0.25) is 14.3 Å². The maximum absolute atomic E-state index is 11.3. The lowest BCUT2D eigenvalue weighted by molar-refractivity contribution is 0.501. The first-order chi connectivity index (χ1) is 6.50. The summed E-state index contributed by atoms with van der Waals surface area (Å²) < 4.78 is 1.42. The molecule has 1 aromatic heterocycles. The zero-order chi connectivity index (χ0) is 10.7. The molecule has 0 spiro atoms. The molecule has 0 saturated carbocycles. The van der Waals surface area contributed by atoms with E-state index < -0.39 is 11.2 Å². The molecule has 1 N–H and O–H groups in total. The zero-order valence-corrected chi connectivity index (χ0v) is 8.97. The van der Waals surface area contributed by atoms with Gasteiger partial charge in [0.1, 0.15) is 5.02 Å². The van der Waals surface area contributed by atoms with Gasteiger partial charge in [-0.15, -0.1) is 0 Å². The first-order valence-electron chi connectivity index (χ1n) is 4.50. The summed E-state index contributed by atoms with van der Waals surface area (Å²) in [5.41, 5.74) is -0.933. The van der Waals surface area contributed by atoms with E-state index in [0.29, 0.717) is 12.5 Å². The molecule has 0 fully saturated rings. The molecule has 4 nitrogen and oxygen atoms in total. The van der Waals surface area contributed by atoms with Crippen molar-refractivity contribution in [2.75, 3.05) is 0 Å². The lowest BCUT2D eigenvalue weighted by atomic mass is 10.1. The average Bonchev–Trinajstić information content (AvgIpc) is 2.09. The third-order valence-corrected chi connectivity index (χ3v) is 2.18. The Hall–Kier alpha value is -1.03. The fourth-order valence-electron chi connectivity index (χ4n) is 1.05. The van der Waals surface area contributed by atoms with Crippen molar-refractivity contribution >= 4 is 11.6 Å². The summed E-state index contributed by atoms with van der Waals surface area (Å²) >= 11 is 5.60. The van der Waals surface area contributed by atoms with Crippen molar-refractivity contribution in [3.05, 3.63) is 32.1 Å². The van der Waals surface area contributed by atoms with E-state index in [-0.39, 0.29) is 5.02 Å². The number of rotatable bonds is 3. The molecule has 0 aromatic carbocycles. The van der Waals surface area contributed by atoms with Crippen LogP contribution in [0.25, 0.3) is 0 Å². The van der Waals surface area contributed by atoms with Gasteiger partial charge in [0.2, 0.25) is 0 Å². The van der Waals surface area contributed by atoms with Crippen molar-refractivity contribution in [2.45, 2.75) is 26.8 Å². The molecule has 0 aliphatic carbocycles. The first kappa shape index (κ1) is 11.0. The first-order valence-corrected chi connectivity index (χ1v) is 4.87. The van der Waals surface area contributed by atoms with Crippen molar-refractivity contribution in [3.63, 3.8) is 0 Å². The number of aromatic amines is 1. The molecule has 0 aliphatic heterocycles. The normalized spacial score (nSPS) is 10.9. The lowest BCUT2D eigenvalue weighted by Gasteiger charge is -2.06. The van der Waals surface area contributed by atoms with Gasteiger partial charge in [0.05, 0.1) is 0 Å². The minimum absolute atomic E-state index is 0.0494. The van der Waals surface area contributed by atoms with E-state index in [4.69, 9.17) is 11.6 Å². The van der Waals surface area contributed by atoms with Gasteiger partial charge in [-0.25, -0.2) is 4.79 Å². The largest absolute Gasteiger partial charge is 0.328 e. The van der Waals surface area contributed by atoms with E-state index in [1.54, 1.807) is 0 Å². The number of nitrogens with one attached hydrogen (secondary N) is 1. The molecule has 5 heteroatoms. The maximum Gasteiger partial charge on any atom is 0.328 e. The van der Waals surface area contributed by atoms with Crippen molar-refractivity contribution in [2.24, 2.45) is 5.92 Å². The monoisotopic (exact) mass is 216 g/mol. The summed E-state index contributed by atoms with van der Waals surface area (Å²) in [7, 11) is 0. The van der Waals surface area contributed by atoms with Crippen molar-refractivity contribution in [1.29, 1.82) is 0 Å². The summed E-state index contributed by atoms with van der Waals surface area (Å²) in [5.74, 6) is 0.507. The fraction of sp³-hybridized carbons (Fsp3) is 0.556. The Morgan fingerprint density at radius 3 is 2.71 bits per heavy atom. The second-order valence-electron chi connectivity index (χ2n) is 3.61. The molecule has 14 heavy (non-hydrogen) atoms. The number of halogens is 1. The highest BCUT2D eigenvalue weighted by molar-refractivity contribution is 6.30. The summed E-state index contributed by atoms with van der Waals surface area (Å²) in [5, 5.41) is 0.0494. The van der Waals surface area contributed by atoms with Crippen LogP contribution in [0.2, 0.25) is 5.02 Å². The third-order valence-electron chi connectivity index (χ3n) is 1.91. The number of H-pyrrole nitrogens is 1. The Morgan fingerprint density at radius 2 is 2.14 bits per heavy atom. The molecule has 1 rings (SSSR count). The Balaban J connectivity index is 2.93. The predicted molar refractivity (Wildman–Crippen MR) is 55.8 cm³/mol. The molecule has 0 aliphatic rings. The minimum Gasteiger partial charge on any atom is -0.299 e. The van der Waals surface area contributed by atoms with E-state index >= 15 is 0 Å². The van der Waals surface area contributed by atoms with Crippen LogP contribution < -0.4 is 11.2 Å². The third kappa shape index (κ3) is 2.73. The van der Waals surface area contributed by atoms with Crippen LogP contribution >= 0.6 is 11.6 Å². The van der Waals surface area contributed by atoms with Gasteiger partial charge in [-0.1, -0.05) is 25.4 Å². The van der Waals surface area contributed by atoms with Crippen molar-refractivity contribution in [3.8, 4) is 0 Å². The van der Waals surface area contributed by atoms with Gasteiger partial charge in [0.15, 0.2) is 0 Å². The molecule has 78 valence electrons. The number of hydrogen-bond donors (Lipinski definition) is 1. The molecule has 1 aromatic rings. The summed E-state index contributed by atoms with van der Waals surface area (Å²) in [4.78, 5) is 24.3. The number of hydrogen-bond acceptors (Lipinski definition) is 2. The van der Waals surface area contributed by atoms with Crippen LogP contribution in [0.15, 0.2) is 15.8 Å². The van der Waals surface area contributed by atoms with Crippen LogP contribution in [0.4, 0.5) is 0 Å². The van der Waals surface area contributed by atoms with Gasteiger partial charge >= 0.3 is 5.69 Å². The minimum atomic E-state index is -0.530. The molecule has 0 bridgehead atoms. The Morgan fingerprint density at radius 1 is 1.50 bits per heavy atom. The van der Waals surface area contributed by atoms with E-state index in [0.717, 1.165) is 6.42 Å². The Labute approximate surface area is 86.5 Å². The van der Waals surface area contributed by atoms with Gasteiger partial charge in [-0.2, -0.15) is 0 Å². The van der Waals surface area contributed by atoms with Crippen LogP contribution in [0.5, 0.6) is 0 Å². The highest BCUT2D eigenvalue weighted by Crippen LogP contribution is 2.02. The molecular weight excluding hydrogens is 204 g/mol. The molecule has 0 radical (unpaired) electrons. The smallest absolute Gasteiger partial charge is 0.299 e. The molecule has 0 atom stereocenters. The van der Waals surface area contributed by atoms with Gasteiger partial charge in [0, 0.05) is 12.7 Å². The molecular formula is C9H13ClN2O2. The Bertz CT molecular complexity index is 420. The molecule has 0 amide bonds. The molecule has 0 saturated heterocycles. The second kappa shape index (κ2) is 4.46. The standard InChI is InChI=1S/C9H13ClN2O2/c1-6(2)3-4-12-5-7(10)8(13)11-9(12)14/h5-6H,3-4H2,1-2H3,(H,11,13,14). The number of nitrogens with zero attached hydrogens (tertiary/aromatic N) is 1.